The summed E-state index contributed by atoms with van der Waals surface area (Å²) in [5.74, 6) is -2.28. The lowest BCUT2D eigenvalue weighted by atomic mass is 9.88. The van der Waals surface area contributed by atoms with Gasteiger partial charge in [0.25, 0.3) is 0 Å². The number of aromatic hydroxyl groups is 6. The molecule has 2 rings (SSSR count). The summed E-state index contributed by atoms with van der Waals surface area (Å²) in [6.07, 6.45) is 4.97. The number of carbonyl (C=O) groups is 1. The number of rotatable bonds is 12. The van der Waals surface area contributed by atoms with Crippen LogP contribution in [0.1, 0.15) is 88.2 Å². The average molecular weight is 447 g/mol. The Morgan fingerprint density at radius 2 is 1.03 bits per heavy atom. The highest BCUT2D eigenvalue weighted by atomic mass is 16.3. The van der Waals surface area contributed by atoms with E-state index < -0.39 is 11.5 Å². The Labute approximate surface area is 188 Å². The Hall–Kier alpha value is -3.09. The molecular weight excluding hydrogens is 412 g/mol. The van der Waals surface area contributed by atoms with E-state index >= 15 is 0 Å². The van der Waals surface area contributed by atoms with Gasteiger partial charge >= 0.3 is 0 Å². The van der Waals surface area contributed by atoms with Gasteiger partial charge in [0.05, 0.1) is 0 Å². The Morgan fingerprint density at radius 1 is 0.656 bits per heavy atom. The largest absolute Gasteiger partial charge is 0.504 e. The van der Waals surface area contributed by atoms with Gasteiger partial charge in [-0.2, -0.15) is 0 Å². The molecule has 6 N–H and O–H groups in total. The van der Waals surface area contributed by atoms with Crippen LogP contribution in [0.4, 0.5) is 0 Å². The number of carbonyl (C=O) groups excluding carboxylic acids is 1. The van der Waals surface area contributed by atoms with Gasteiger partial charge in [-0.3, -0.25) is 4.79 Å². The van der Waals surface area contributed by atoms with Crippen molar-refractivity contribution in [2.45, 2.75) is 77.0 Å². The van der Waals surface area contributed by atoms with Crippen molar-refractivity contribution < 1.29 is 35.4 Å². The molecule has 0 heterocycles. The Bertz CT molecular complexity index is 849. The van der Waals surface area contributed by atoms with Crippen molar-refractivity contribution in [1.29, 1.82) is 0 Å². The fourth-order valence-corrected chi connectivity index (χ4v) is 4.20. The molecule has 2 unspecified atom stereocenters. The zero-order valence-corrected chi connectivity index (χ0v) is 18.7. The minimum atomic E-state index is -0.518. The summed E-state index contributed by atoms with van der Waals surface area (Å²) in [4.78, 5) is 12.3. The van der Waals surface area contributed by atoms with Crippen LogP contribution in [0.5, 0.6) is 34.5 Å². The maximum Gasteiger partial charge on any atom is 0.200 e. The van der Waals surface area contributed by atoms with Crippen LogP contribution < -0.4 is 0 Å². The van der Waals surface area contributed by atoms with Crippen molar-refractivity contribution in [1.82, 2.24) is 0 Å². The number of phenolic OH excluding ortho intramolecular Hbond substituents is 6. The van der Waals surface area contributed by atoms with Crippen LogP contribution in [0.3, 0.4) is 0 Å². The van der Waals surface area contributed by atoms with Crippen molar-refractivity contribution in [3.63, 3.8) is 0 Å². The Kier molecular flexibility index (Phi) is 9.05. The highest BCUT2D eigenvalue weighted by Crippen LogP contribution is 2.43. The van der Waals surface area contributed by atoms with E-state index in [0.717, 1.165) is 12.8 Å². The van der Waals surface area contributed by atoms with E-state index in [9.17, 15) is 35.4 Å². The molecule has 7 heteroatoms. The smallest absolute Gasteiger partial charge is 0.200 e. The molecule has 0 radical (unpaired) electrons. The van der Waals surface area contributed by atoms with E-state index in [2.05, 4.69) is 0 Å². The maximum absolute atomic E-state index is 12.3. The second-order valence-corrected chi connectivity index (χ2v) is 8.28. The third-order valence-electron chi connectivity index (χ3n) is 6.20. The van der Waals surface area contributed by atoms with E-state index in [1.165, 1.54) is 12.1 Å². The maximum atomic E-state index is 12.3. The predicted octanol–water partition coefficient (Wildman–Crippen LogP) is 5.52. The zero-order valence-electron chi connectivity index (χ0n) is 18.7. The average Bonchev–Trinajstić information content (AvgIpc) is 2.78. The molecule has 0 saturated carbocycles. The lowest BCUT2D eigenvalue weighted by molar-refractivity contribution is -0.119. The molecule has 0 aliphatic heterocycles. The molecule has 0 fully saturated rings. The molecule has 0 spiro atoms. The number of phenols is 6. The summed E-state index contributed by atoms with van der Waals surface area (Å²) in [5, 5.41) is 58.7. The highest BCUT2D eigenvalue weighted by Gasteiger charge is 2.20. The number of Topliss-reactive ketones (excluding diaryl/α,β-unsaturated/α-hetero) is 1. The van der Waals surface area contributed by atoms with Crippen molar-refractivity contribution in [3.8, 4) is 34.5 Å². The van der Waals surface area contributed by atoms with Gasteiger partial charge in [0.15, 0.2) is 23.0 Å². The molecule has 0 amide bonds. The summed E-state index contributed by atoms with van der Waals surface area (Å²) in [5.41, 5.74) is 1.14. The number of hydrogen-bond acceptors (Lipinski definition) is 7. The SMILES string of the molecule is CCC(CCCC(=O)CCCC(CC)c1ccc(O)c(O)c1O)c1ccc(O)c(O)c1O. The lowest BCUT2D eigenvalue weighted by Crippen LogP contribution is -2.04. The van der Waals surface area contributed by atoms with Crippen LogP contribution in [0, 0.1) is 0 Å². The fraction of sp³-hybridized carbons (Fsp3) is 0.480. The third kappa shape index (κ3) is 5.99. The van der Waals surface area contributed by atoms with Gasteiger partial charge in [0.1, 0.15) is 5.78 Å². The first-order chi connectivity index (χ1) is 15.2. The molecule has 2 aromatic rings. The van der Waals surface area contributed by atoms with E-state index in [0.29, 0.717) is 49.7 Å². The molecule has 2 atom stereocenters. The number of benzene rings is 2. The quantitative estimate of drug-likeness (QED) is 0.236. The molecule has 176 valence electrons. The number of ketones is 1. The van der Waals surface area contributed by atoms with Crippen molar-refractivity contribution >= 4 is 5.78 Å². The molecule has 2 aromatic carbocycles. The van der Waals surface area contributed by atoms with Crippen molar-refractivity contribution in [2.24, 2.45) is 0 Å². The fourth-order valence-electron chi connectivity index (χ4n) is 4.20. The van der Waals surface area contributed by atoms with E-state index in [-0.39, 0.29) is 40.6 Å². The molecule has 7 nitrogen and oxygen atoms in total. The lowest BCUT2D eigenvalue weighted by Gasteiger charge is -2.18. The first-order valence-corrected chi connectivity index (χ1v) is 11.2. The van der Waals surface area contributed by atoms with Crippen LogP contribution in [0.2, 0.25) is 0 Å². The van der Waals surface area contributed by atoms with Crippen LogP contribution in [0.15, 0.2) is 24.3 Å². The summed E-state index contributed by atoms with van der Waals surface area (Å²) >= 11 is 0. The van der Waals surface area contributed by atoms with Gasteiger partial charge < -0.3 is 30.6 Å². The molecule has 0 aromatic heterocycles. The molecule has 0 aliphatic carbocycles. The van der Waals surface area contributed by atoms with E-state index in [1.54, 1.807) is 12.1 Å². The van der Waals surface area contributed by atoms with Crippen LogP contribution >= 0.6 is 0 Å². The van der Waals surface area contributed by atoms with E-state index in [4.69, 9.17) is 0 Å². The first-order valence-electron chi connectivity index (χ1n) is 11.2. The van der Waals surface area contributed by atoms with Gasteiger partial charge in [-0.05, 0) is 62.5 Å². The summed E-state index contributed by atoms with van der Waals surface area (Å²) in [6, 6.07) is 5.91. The third-order valence-corrected chi connectivity index (χ3v) is 6.20. The van der Waals surface area contributed by atoms with Gasteiger partial charge in [-0.15, -0.1) is 0 Å². The number of hydrogen-bond donors (Lipinski definition) is 6. The van der Waals surface area contributed by atoms with Gasteiger partial charge in [0, 0.05) is 24.0 Å². The first kappa shape index (κ1) is 25.2. The molecule has 0 saturated heterocycles. The normalized spacial score (nSPS) is 13.1. The Morgan fingerprint density at radius 3 is 1.38 bits per heavy atom. The molecular formula is C25H34O7. The highest BCUT2D eigenvalue weighted by molar-refractivity contribution is 5.78. The topological polar surface area (TPSA) is 138 Å². The summed E-state index contributed by atoms with van der Waals surface area (Å²) in [7, 11) is 0. The standard InChI is InChI=1S/C25H34O7/c1-3-15(18-11-13-20(27)24(31)22(18)29)7-5-9-17(26)10-6-8-16(4-2)19-12-14-21(28)25(32)23(19)30/h11-16,27-32H,3-10H2,1-2H3. The van der Waals surface area contributed by atoms with Crippen LogP contribution in [-0.2, 0) is 4.79 Å². The van der Waals surface area contributed by atoms with E-state index in [1.807, 2.05) is 13.8 Å². The van der Waals surface area contributed by atoms with Crippen molar-refractivity contribution in [2.75, 3.05) is 0 Å². The monoisotopic (exact) mass is 446 g/mol. The van der Waals surface area contributed by atoms with Gasteiger partial charge in [-0.1, -0.05) is 26.0 Å². The van der Waals surface area contributed by atoms with Crippen LogP contribution in [-0.4, -0.2) is 36.4 Å². The second kappa shape index (κ2) is 11.5. The molecule has 32 heavy (non-hydrogen) atoms. The molecule has 0 aliphatic rings. The van der Waals surface area contributed by atoms with Crippen molar-refractivity contribution in [3.05, 3.63) is 35.4 Å². The predicted molar refractivity (Wildman–Crippen MR) is 122 cm³/mol. The summed E-state index contributed by atoms with van der Waals surface area (Å²) < 4.78 is 0. The second-order valence-electron chi connectivity index (χ2n) is 8.28. The minimum Gasteiger partial charge on any atom is -0.504 e. The molecule has 0 bridgehead atoms. The minimum absolute atomic E-state index is 0.0241. The zero-order chi connectivity index (χ0) is 23.8. The van der Waals surface area contributed by atoms with Gasteiger partial charge in [-0.25, -0.2) is 0 Å². The van der Waals surface area contributed by atoms with Crippen LogP contribution in [0.25, 0.3) is 0 Å². The van der Waals surface area contributed by atoms with Gasteiger partial charge in [0.2, 0.25) is 11.5 Å². The Balaban J connectivity index is 1.83. The summed E-state index contributed by atoms with van der Waals surface area (Å²) in [6.45, 7) is 3.94.